The number of aryl methyl sites for hydroxylation is 2. The van der Waals surface area contributed by atoms with Crippen LogP contribution < -0.4 is 22.5 Å². The first-order valence-corrected chi connectivity index (χ1v) is 15.2. The minimum atomic E-state index is -5.12. The van der Waals surface area contributed by atoms with Gasteiger partial charge in [0.25, 0.3) is 11.1 Å². The summed E-state index contributed by atoms with van der Waals surface area (Å²) in [5.41, 5.74) is -3.31. The number of rotatable bonds is 2. The number of fused-ring (bicyclic) bond motifs is 2. The number of H-pyrrole nitrogens is 2. The van der Waals surface area contributed by atoms with Crippen molar-refractivity contribution in [3.05, 3.63) is 65.2 Å². The smallest absolute Gasteiger partial charge is 0.386 e. The average molecular weight is 640 g/mol. The van der Waals surface area contributed by atoms with Gasteiger partial charge in [0.2, 0.25) is 0 Å². The summed E-state index contributed by atoms with van der Waals surface area (Å²) >= 11 is 0. The molecule has 0 bridgehead atoms. The topological polar surface area (TPSA) is 280 Å². The molecule has 3 aliphatic heterocycles. The number of hydrogen-bond donors (Lipinski definition) is 6. The molecule has 0 saturated carbocycles. The standard InChI is InChI=1S/C20H26N4O16P2/c1-7-3-23(19(29)21-15(7)27)17-11(25)13-9(37-17)5-35-42(33,34)40-14-10(6-36-41(31,32)39-13)38-18(12(14)26)24-4-8(2)16(28)22-20(24)30/h3-4,9-14,17-18,25-26H,5-6H2,1-2H3,(H,31,32)(H,33,34)(H,21,27,29)(H,22,28,30)/t9-,10+,11-,12+,13-,14+,17-,18+. The van der Waals surface area contributed by atoms with Crippen molar-refractivity contribution in [3.8, 4) is 0 Å². The molecule has 3 fully saturated rings. The third kappa shape index (κ3) is 5.94. The maximum atomic E-state index is 12.9. The molecule has 0 aliphatic carbocycles. The van der Waals surface area contributed by atoms with Crippen molar-refractivity contribution in [3.63, 3.8) is 0 Å². The van der Waals surface area contributed by atoms with Gasteiger partial charge in [0.05, 0.1) is 13.2 Å². The second-order valence-electron chi connectivity index (χ2n) is 9.74. The van der Waals surface area contributed by atoms with Crippen LogP contribution in [0.5, 0.6) is 0 Å². The predicted molar refractivity (Wildman–Crippen MR) is 133 cm³/mol. The zero-order valence-electron chi connectivity index (χ0n) is 21.7. The molecule has 0 amide bonds. The average Bonchev–Trinajstić information content (AvgIpc) is 3.36. The Balaban J connectivity index is 1.44. The number of aliphatic hydroxyl groups excluding tert-OH is 2. The van der Waals surface area contributed by atoms with Crippen molar-refractivity contribution in [2.45, 2.75) is 62.9 Å². The van der Waals surface area contributed by atoms with E-state index < -0.39 is 100 Å². The molecule has 42 heavy (non-hydrogen) atoms. The van der Waals surface area contributed by atoms with Crippen LogP contribution in [0.25, 0.3) is 0 Å². The molecule has 2 aromatic heterocycles. The summed E-state index contributed by atoms with van der Waals surface area (Å²) in [4.78, 5) is 73.1. The Labute approximate surface area is 233 Å². The fraction of sp³-hybridized carbons (Fsp3) is 0.600. The van der Waals surface area contributed by atoms with E-state index in [1.54, 1.807) is 0 Å². The van der Waals surface area contributed by atoms with Crippen molar-refractivity contribution in [1.29, 1.82) is 0 Å². The van der Waals surface area contributed by atoms with Crippen molar-refractivity contribution in [1.82, 2.24) is 19.1 Å². The van der Waals surface area contributed by atoms with Crippen LogP contribution in [0.4, 0.5) is 0 Å². The van der Waals surface area contributed by atoms with Crippen LogP contribution in [0.3, 0.4) is 0 Å². The summed E-state index contributed by atoms with van der Waals surface area (Å²) in [6.07, 6.45) is -11.6. The van der Waals surface area contributed by atoms with Crippen LogP contribution in [0.1, 0.15) is 23.6 Å². The van der Waals surface area contributed by atoms with Crippen molar-refractivity contribution < 1.29 is 56.7 Å². The molecule has 2 aromatic rings. The van der Waals surface area contributed by atoms with Crippen LogP contribution in [-0.4, -0.2) is 88.9 Å². The predicted octanol–water partition coefficient (Wildman–Crippen LogP) is -2.76. The summed E-state index contributed by atoms with van der Waals surface area (Å²) < 4.78 is 58.7. The maximum Gasteiger partial charge on any atom is 0.472 e. The quantitative estimate of drug-likeness (QED) is 0.181. The van der Waals surface area contributed by atoms with E-state index in [-0.39, 0.29) is 11.1 Å². The SMILES string of the molecule is Cc1cn([C@@H]2O[C@@H]3COP(=O)(O)O[C@@H]4[C@H](O)[C@@H](n5cc(C)c(=O)[nH]c5=O)O[C@H]4COP(=O)(O)O[C@H]3[C@H]2O)c(=O)[nH]c1=O. The van der Waals surface area contributed by atoms with E-state index in [1.165, 1.54) is 13.8 Å². The van der Waals surface area contributed by atoms with E-state index >= 15 is 0 Å². The second kappa shape index (κ2) is 11.2. The summed E-state index contributed by atoms with van der Waals surface area (Å²) in [5, 5.41) is 21.8. The lowest BCUT2D eigenvalue weighted by Crippen LogP contribution is -2.40. The van der Waals surface area contributed by atoms with Crippen molar-refractivity contribution in [2.75, 3.05) is 13.2 Å². The zero-order valence-corrected chi connectivity index (χ0v) is 23.5. The number of ether oxygens (including phenoxy) is 2. The molecule has 0 aromatic carbocycles. The lowest BCUT2D eigenvalue weighted by molar-refractivity contribution is -0.0685. The summed E-state index contributed by atoms with van der Waals surface area (Å²) in [6, 6.07) is 0. The fourth-order valence-corrected chi connectivity index (χ4v) is 6.61. The lowest BCUT2D eigenvalue weighted by Gasteiger charge is -2.27. The molecule has 20 nitrogen and oxygen atoms in total. The summed E-state index contributed by atoms with van der Waals surface area (Å²) in [6.45, 7) is 0.892. The van der Waals surface area contributed by atoms with Gasteiger partial charge in [0.1, 0.15) is 36.6 Å². The van der Waals surface area contributed by atoms with Gasteiger partial charge >= 0.3 is 27.0 Å². The number of phosphoric ester groups is 2. The zero-order chi connectivity index (χ0) is 30.7. The third-order valence-corrected chi connectivity index (χ3v) is 8.74. The van der Waals surface area contributed by atoms with Crippen molar-refractivity contribution >= 4 is 15.6 Å². The van der Waals surface area contributed by atoms with Crippen LogP contribution >= 0.6 is 15.6 Å². The molecule has 5 rings (SSSR count). The molecule has 2 unspecified atom stereocenters. The molecular weight excluding hydrogens is 614 g/mol. The largest absolute Gasteiger partial charge is 0.472 e. The Bertz CT molecular complexity index is 1580. The first-order valence-electron chi connectivity index (χ1n) is 12.2. The summed E-state index contributed by atoms with van der Waals surface area (Å²) in [7, 11) is -10.2. The number of nitrogens with zero attached hydrogens (tertiary/aromatic N) is 2. The van der Waals surface area contributed by atoms with E-state index in [0.29, 0.717) is 0 Å². The molecule has 22 heteroatoms. The first kappa shape index (κ1) is 30.9. The number of aromatic nitrogens is 4. The van der Waals surface area contributed by atoms with E-state index in [1.807, 2.05) is 9.97 Å². The highest BCUT2D eigenvalue weighted by atomic mass is 31.2. The van der Waals surface area contributed by atoms with Gasteiger partial charge in [-0.1, -0.05) is 0 Å². The maximum absolute atomic E-state index is 12.9. The molecule has 3 aliphatic rings. The van der Waals surface area contributed by atoms with Crippen molar-refractivity contribution in [2.24, 2.45) is 0 Å². The van der Waals surface area contributed by atoms with Gasteiger partial charge in [-0.2, -0.15) is 0 Å². The highest BCUT2D eigenvalue weighted by molar-refractivity contribution is 7.47. The van der Waals surface area contributed by atoms with E-state index in [0.717, 1.165) is 21.5 Å². The van der Waals surface area contributed by atoms with Gasteiger partial charge in [0.15, 0.2) is 12.5 Å². The van der Waals surface area contributed by atoms with Gasteiger partial charge in [0, 0.05) is 23.5 Å². The minimum absolute atomic E-state index is 0.0561. The number of hydrogen-bond acceptors (Lipinski definition) is 14. The van der Waals surface area contributed by atoms with Gasteiger partial charge in [-0.3, -0.25) is 46.8 Å². The van der Waals surface area contributed by atoms with Gasteiger partial charge in [-0.25, -0.2) is 18.7 Å². The first-order chi connectivity index (χ1) is 19.6. The Hall–Kier alpha value is -2.58. The fourth-order valence-electron chi connectivity index (χ4n) is 4.68. The van der Waals surface area contributed by atoms with Gasteiger partial charge in [-0.15, -0.1) is 0 Å². The van der Waals surface area contributed by atoms with Crippen LogP contribution in [0.15, 0.2) is 31.6 Å². The second-order valence-corrected chi connectivity index (χ2v) is 12.5. The summed E-state index contributed by atoms with van der Waals surface area (Å²) in [5.74, 6) is 0. The molecule has 10 atom stereocenters. The van der Waals surface area contributed by atoms with Gasteiger partial charge < -0.3 is 29.5 Å². The molecule has 6 N–H and O–H groups in total. The van der Waals surface area contributed by atoms with E-state index in [4.69, 9.17) is 27.6 Å². The molecule has 0 radical (unpaired) electrons. The van der Waals surface area contributed by atoms with Gasteiger partial charge in [-0.05, 0) is 13.8 Å². The van der Waals surface area contributed by atoms with E-state index in [2.05, 4.69) is 0 Å². The van der Waals surface area contributed by atoms with Crippen LogP contribution in [0, 0.1) is 13.8 Å². The third-order valence-electron chi connectivity index (χ3n) is 6.77. The Morgan fingerprint density at radius 1 is 0.738 bits per heavy atom. The lowest BCUT2D eigenvalue weighted by atomic mass is 10.1. The molecule has 232 valence electrons. The Morgan fingerprint density at radius 3 is 1.45 bits per heavy atom. The Kier molecular flexibility index (Phi) is 8.20. The molecule has 3 saturated heterocycles. The number of phosphoric acid groups is 2. The molecular formula is C20H26N4O16P2. The van der Waals surface area contributed by atoms with Crippen LogP contribution in [-0.2, 0) is 36.7 Å². The highest BCUT2D eigenvalue weighted by Crippen LogP contribution is 2.53. The number of nitrogens with one attached hydrogen (secondary N) is 2. The normalized spacial score (nSPS) is 39.2. The highest BCUT2D eigenvalue weighted by Gasteiger charge is 2.53. The van der Waals surface area contributed by atoms with E-state index in [9.17, 15) is 48.3 Å². The van der Waals surface area contributed by atoms with Crippen LogP contribution in [0.2, 0.25) is 0 Å². The minimum Gasteiger partial charge on any atom is -0.386 e. The monoisotopic (exact) mass is 640 g/mol. The molecule has 0 spiro atoms. The number of aromatic amines is 2. The number of aliphatic hydroxyl groups is 2. The Morgan fingerprint density at radius 2 is 1.10 bits per heavy atom. The molecule has 5 heterocycles.